The second-order valence-electron chi connectivity index (χ2n) is 18.5. The summed E-state index contributed by atoms with van der Waals surface area (Å²) in [5.74, 6) is -0.187. The lowest BCUT2D eigenvalue weighted by atomic mass is 10.0. The molecule has 3 atom stereocenters. The highest BCUT2D eigenvalue weighted by Crippen LogP contribution is 2.43. The van der Waals surface area contributed by atoms with Crippen LogP contribution in [0, 0.1) is 0 Å². The van der Waals surface area contributed by atoms with E-state index in [9.17, 15) is 19.4 Å². The molecule has 0 aliphatic heterocycles. The zero-order chi connectivity index (χ0) is 44.3. The maximum absolute atomic E-state index is 12.9. The molecule has 0 fully saturated rings. The van der Waals surface area contributed by atoms with Crippen LogP contribution in [0.3, 0.4) is 0 Å². The Morgan fingerprint density at radius 1 is 0.550 bits per heavy atom. The minimum atomic E-state index is -4.35. The van der Waals surface area contributed by atoms with Gasteiger partial charge in [-0.25, -0.2) is 4.57 Å². The van der Waals surface area contributed by atoms with Gasteiger partial charge in [0.25, 0.3) is 0 Å². The molecule has 0 aliphatic rings. The van der Waals surface area contributed by atoms with Crippen molar-refractivity contribution < 1.29 is 32.9 Å². The zero-order valence-corrected chi connectivity index (χ0v) is 41.1. The van der Waals surface area contributed by atoms with Gasteiger partial charge in [-0.1, -0.05) is 204 Å². The Labute approximate surface area is 372 Å². The number of quaternary nitrogens is 1. The maximum Gasteiger partial charge on any atom is 0.472 e. The molecule has 1 amide bonds. The summed E-state index contributed by atoms with van der Waals surface area (Å²) in [4.78, 5) is 23.2. The number of aliphatic hydroxyl groups is 1. The van der Waals surface area contributed by atoms with Crippen LogP contribution in [0.15, 0.2) is 36.5 Å². The van der Waals surface area contributed by atoms with E-state index in [1.54, 1.807) is 6.08 Å². The van der Waals surface area contributed by atoms with E-state index >= 15 is 0 Å². The number of amides is 1. The summed E-state index contributed by atoms with van der Waals surface area (Å²) < 4.78 is 23.6. The van der Waals surface area contributed by atoms with Gasteiger partial charge < -0.3 is 19.8 Å². The fraction of sp³-hybridized carbons (Fsp3) is 0.863. The molecule has 0 bridgehead atoms. The molecular weight excluding hydrogens is 768 g/mol. The molecule has 1 unspecified atom stereocenters. The SMILES string of the molecule is CCCCCCCC/C=C/CCCCCCCCCCCCCC(=O)N[C@@H](COP(=O)(O)OCC[N+](C)(C)C)[C@H](O)/C=C/CC/C=C/CCCCCCCCCCCCC. The normalized spacial score (nSPS) is 14.4. The predicted octanol–water partition coefficient (Wildman–Crippen LogP) is 14.6. The van der Waals surface area contributed by atoms with Crippen molar-refractivity contribution >= 4 is 13.7 Å². The third-order valence-electron chi connectivity index (χ3n) is 11.3. The van der Waals surface area contributed by atoms with Crippen molar-refractivity contribution in [3.63, 3.8) is 0 Å². The molecule has 0 aliphatic carbocycles. The number of rotatable bonds is 46. The number of aliphatic hydroxyl groups excluding tert-OH is 1. The minimum absolute atomic E-state index is 0.0566. The van der Waals surface area contributed by atoms with Crippen molar-refractivity contribution in [2.24, 2.45) is 0 Å². The average Bonchev–Trinajstić information content (AvgIpc) is 3.20. The van der Waals surface area contributed by atoms with E-state index in [-0.39, 0.29) is 19.1 Å². The maximum atomic E-state index is 12.9. The number of carbonyl (C=O) groups is 1. The number of phosphoric acid groups is 1. The Morgan fingerprint density at radius 3 is 1.33 bits per heavy atom. The van der Waals surface area contributed by atoms with Crippen LogP contribution in [-0.4, -0.2) is 73.4 Å². The molecule has 0 saturated carbocycles. The summed E-state index contributed by atoms with van der Waals surface area (Å²) in [6, 6.07) is -0.862. The van der Waals surface area contributed by atoms with Crippen LogP contribution in [0.25, 0.3) is 0 Å². The number of carbonyl (C=O) groups excluding carboxylic acids is 1. The Kier molecular flexibility index (Phi) is 42.1. The van der Waals surface area contributed by atoms with Crippen LogP contribution in [0.4, 0.5) is 0 Å². The molecule has 0 spiro atoms. The molecular formula is C51H100N2O6P+. The number of allylic oxidation sites excluding steroid dienone is 5. The largest absolute Gasteiger partial charge is 0.472 e. The van der Waals surface area contributed by atoms with Crippen molar-refractivity contribution in [2.45, 2.75) is 244 Å². The van der Waals surface area contributed by atoms with Gasteiger partial charge in [-0.2, -0.15) is 0 Å². The fourth-order valence-corrected chi connectivity index (χ4v) is 8.02. The molecule has 354 valence electrons. The number of nitrogens with zero attached hydrogens (tertiary/aromatic N) is 1. The summed E-state index contributed by atoms with van der Waals surface area (Å²) in [7, 11) is 1.56. The van der Waals surface area contributed by atoms with E-state index in [1.807, 2.05) is 27.2 Å². The number of hydrogen-bond donors (Lipinski definition) is 3. The van der Waals surface area contributed by atoms with Crippen molar-refractivity contribution in [1.82, 2.24) is 5.32 Å². The molecule has 3 N–H and O–H groups in total. The summed E-state index contributed by atoms with van der Waals surface area (Å²) in [5, 5.41) is 13.9. The van der Waals surface area contributed by atoms with Crippen molar-refractivity contribution in [3.05, 3.63) is 36.5 Å². The van der Waals surface area contributed by atoms with Crippen LogP contribution in [-0.2, 0) is 18.4 Å². The molecule has 0 heterocycles. The van der Waals surface area contributed by atoms with Crippen LogP contribution >= 0.6 is 7.82 Å². The zero-order valence-electron chi connectivity index (χ0n) is 40.2. The minimum Gasteiger partial charge on any atom is -0.387 e. The van der Waals surface area contributed by atoms with Gasteiger partial charge >= 0.3 is 7.82 Å². The van der Waals surface area contributed by atoms with Gasteiger partial charge in [-0.3, -0.25) is 13.8 Å². The summed E-state index contributed by atoms with van der Waals surface area (Å²) >= 11 is 0. The van der Waals surface area contributed by atoms with Gasteiger partial charge in [0, 0.05) is 6.42 Å². The molecule has 0 rings (SSSR count). The molecule has 0 saturated heterocycles. The lowest BCUT2D eigenvalue weighted by Crippen LogP contribution is -2.45. The third kappa shape index (κ3) is 44.8. The highest BCUT2D eigenvalue weighted by molar-refractivity contribution is 7.47. The third-order valence-corrected chi connectivity index (χ3v) is 12.3. The average molecular weight is 868 g/mol. The number of phosphoric ester groups is 1. The van der Waals surface area contributed by atoms with E-state index in [0.29, 0.717) is 17.4 Å². The topological polar surface area (TPSA) is 105 Å². The van der Waals surface area contributed by atoms with E-state index in [4.69, 9.17) is 9.05 Å². The molecule has 60 heavy (non-hydrogen) atoms. The van der Waals surface area contributed by atoms with Gasteiger partial charge in [0.15, 0.2) is 0 Å². The van der Waals surface area contributed by atoms with Gasteiger partial charge in [-0.05, 0) is 57.8 Å². The summed E-state index contributed by atoms with van der Waals surface area (Å²) in [6.07, 6.45) is 53.7. The van der Waals surface area contributed by atoms with Gasteiger partial charge in [0.1, 0.15) is 13.2 Å². The first-order chi connectivity index (χ1) is 29.0. The quantitative estimate of drug-likeness (QED) is 0.0244. The lowest BCUT2D eigenvalue weighted by Gasteiger charge is -2.25. The van der Waals surface area contributed by atoms with Crippen LogP contribution < -0.4 is 5.32 Å². The molecule has 8 nitrogen and oxygen atoms in total. The van der Waals surface area contributed by atoms with Crippen molar-refractivity contribution in [2.75, 3.05) is 40.9 Å². The Bertz CT molecular complexity index is 1070. The lowest BCUT2D eigenvalue weighted by molar-refractivity contribution is -0.870. The number of unbranched alkanes of at least 4 members (excludes halogenated alkanes) is 29. The second kappa shape index (κ2) is 43.0. The Hall–Kier alpha value is -1.28. The van der Waals surface area contributed by atoms with Gasteiger partial charge in [-0.15, -0.1) is 0 Å². The summed E-state index contributed by atoms with van der Waals surface area (Å²) in [6.45, 7) is 4.80. The highest BCUT2D eigenvalue weighted by Gasteiger charge is 2.27. The number of hydrogen-bond acceptors (Lipinski definition) is 5. The molecule has 0 radical (unpaired) electrons. The van der Waals surface area contributed by atoms with Gasteiger partial charge in [0.2, 0.25) is 5.91 Å². The Morgan fingerprint density at radius 2 is 0.917 bits per heavy atom. The van der Waals surface area contributed by atoms with E-state index in [0.717, 1.165) is 38.5 Å². The first kappa shape index (κ1) is 58.7. The fourth-order valence-electron chi connectivity index (χ4n) is 7.29. The van der Waals surface area contributed by atoms with Crippen LogP contribution in [0.1, 0.15) is 232 Å². The first-order valence-electron chi connectivity index (χ1n) is 25.4. The van der Waals surface area contributed by atoms with Crippen molar-refractivity contribution in [3.8, 4) is 0 Å². The second-order valence-corrected chi connectivity index (χ2v) is 20.0. The Balaban J connectivity index is 4.34. The molecule has 0 aromatic carbocycles. The van der Waals surface area contributed by atoms with Gasteiger partial charge in [0.05, 0.1) is 39.9 Å². The van der Waals surface area contributed by atoms with E-state index < -0.39 is 20.0 Å². The summed E-state index contributed by atoms with van der Waals surface area (Å²) in [5.41, 5.74) is 0. The molecule has 9 heteroatoms. The predicted molar refractivity (Wildman–Crippen MR) is 258 cm³/mol. The van der Waals surface area contributed by atoms with Crippen LogP contribution in [0.2, 0.25) is 0 Å². The number of nitrogens with one attached hydrogen (secondary N) is 1. The molecule has 0 aromatic rings. The number of likely N-dealkylation sites (N-methyl/N-ethyl adjacent to an activating group) is 1. The standard InChI is InChI=1S/C51H99N2O6P/c1-6-8-10-12-14-16-18-20-22-24-25-26-27-29-31-33-35-37-39-41-43-45-51(55)52-49(48-59-60(56,57)58-47-46-53(3,4)5)50(54)44-42-40-38-36-34-32-30-28-23-21-19-17-15-13-11-9-7-2/h20,22,34,36,42,44,49-50,54H,6-19,21,23-33,35,37-41,43,45-48H2,1-5H3,(H-,52,55,56,57)/p+1/b22-20+,36-34+,44-42+/t49-,50+/m0/s1. The smallest absolute Gasteiger partial charge is 0.387 e. The molecule has 0 aromatic heterocycles. The first-order valence-corrected chi connectivity index (χ1v) is 26.9. The van der Waals surface area contributed by atoms with E-state index in [1.165, 1.54) is 173 Å². The van der Waals surface area contributed by atoms with E-state index in [2.05, 4.69) is 43.5 Å². The van der Waals surface area contributed by atoms with Crippen LogP contribution in [0.5, 0.6) is 0 Å². The highest BCUT2D eigenvalue weighted by atomic mass is 31.2. The van der Waals surface area contributed by atoms with Crippen molar-refractivity contribution in [1.29, 1.82) is 0 Å². The monoisotopic (exact) mass is 868 g/mol.